The Morgan fingerprint density at radius 3 is 0.865 bits per heavy atom. The van der Waals surface area contributed by atoms with E-state index in [1.165, 1.54) is 70.6 Å². The number of aliphatic hydroxyl groups excluding tert-OH is 1. The first-order valence-corrected chi connectivity index (χ1v) is 40.8. The van der Waals surface area contributed by atoms with Crippen LogP contribution in [0.25, 0.3) is 0 Å². The van der Waals surface area contributed by atoms with Crippen molar-refractivity contribution < 1.29 is 80.2 Å². The van der Waals surface area contributed by atoms with Crippen molar-refractivity contribution in [3.8, 4) is 0 Å². The zero-order valence-electron chi connectivity index (χ0n) is 60.5. The molecule has 0 aliphatic heterocycles. The van der Waals surface area contributed by atoms with Gasteiger partial charge in [0.15, 0.2) is 12.2 Å². The molecule has 5 unspecified atom stereocenters. The Labute approximate surface area is 583 Å². The van der Waals surface area contributed by atoms with E-state index in [2.05, 4.69) is 113 Å². The molecular weight excluding hydrogens is 1260 g/mol. The van der Waals surface area contributed by atoms with E-state index in [4.69, 9.17) is 37.0 Å². The van der Waals surface area contributed by atoms with Gasteiger partial charge in [0.1, 0.15) is 19.3 Å². The van der Waals surface area contributed by atoms with Crippen LogP contribution in [0.15, 0.2) is 85.1 Å². The lowest BCUT2D eigenvalue weighted by Crippen LogP contribution is -2.30. The van der Waals surface area contributed by atoms with Crippen molar-refractivity contribution in [3.63, 3.8) is 0 Å². The molecule has 0 heterocycles. The summed E-state index contributed by atoms with van der Waals surface area (Å²) in [5, 5.41) is 10.6. The van der Waals surface area contributed by atoms with Gasteiger partial charge in [-0.05, 0) is 141 Å². The summed E-state index contributed by atoms with van der Waals surface area (Å²) in [5.41, 5.74) is 0. The van der Waals surface area contributed by atoms with E-state index in [9.17, 15) is 43.2 Å². The normalized spacial score (nSPS) is 14.4. The third-order valence-electron chi connectivity index (χ3n) is 15.8. The lowest BCUT2D eigenvalue weighted by molar-refractivity contribution is -0.161. The number of phosphoric acid groups is 2. The molecule has 556 valence electrons. The van der Waals surface area contributed by atoms with E-state index in [0.29, 0.717) is 25.7 Å². The van der Waals surface area contributed by atoms with E-state index in [0.717, 1.165) is 173 Å². The summed E-state index contributed by atoms with van der Waals surface area (Å²) in [7, 11) is -9.95. The number of esters is 4. The highest BCUT2D eigenvalue weighted by atomic mass is 31.2. The largest absolute Gasteiger partial charge is 0.472 e. The highest BCUT2D eigenvalue weighted by Gasteiger charge is 2.30. The maximum Gasteiger partial charge on any atom is 0.472 e. The monoisotopic (exact) mass is 1390 g/mol. The van der Waals surface area contributed by atoms with Gasteiger partial charge in [0.25, 0.3) is 0 Å². The van der Waals surface area contributed by atoms with Crippen LogP contribution in [0.3, 0.4) is 0 Å². The highest BCUT2D eigenvalue weighted by Crippen LogP contribution is 2.45. The number of hydrogen-bond donors (Lipinski definition) is 3. The summed E-state index contributed by atoms with van der Waals surface area (Å²) in [5.74, 6) is -2.21. The van der Waals surface area contributed by atoms with Crippen molar-refractivity contribution in [1.29, 1.82) is 0 Å². The second-order valence-corrected chi connectivity index (χ2v) is 28.1. The van der Waals surface area contributed by atoms with Crippen LogP contribution < -0.4 is 0 Å². The summed E-state index contributed by atoms with van der Waals surface area (Å²) in [6.07, 6.45) is 70.0. The van der Waals surface area contributed by atoms with Crippen molar-refractivity contribution in [2.24, 2.45) is 0 Å². The summed E-state index contributed by atoms with van der Waals surface area (Å²) in [6.45, 7) is 4.67. The van der Waals surface area contributed by atoms with Gasteiger partial charge in [0.2, 0.25) is 0 Å². The number of phosphoric ester groups is 2. The number of ether oxygens (including phenoxy) is 4. The summed E-state index contributed by atoms with van der Waals surface area (Å²) < 4.78 is 68.4. The molecule has 17 nitrogen and oxygen atoms in total. The lowest BCUT2D eigenvalue weighted by atomic mass is 10.1. The number of rotatable bonds is 71. The molecule has 0 rings (SSSR count). The number of aliphatic hydroxyl groups is 1. The van der Waals surface area contributed by atoms with Gasteiger partial charge in [-0.2, -0.15) is 0 Å². The predicted octanol–water partition coefficient (Wildman–Crippen LogP) is 21.4. The number of unbranched alkanes of at least 4 members (excludes halogenated alkanes) is 31. The van der Waals surface area contributed by atoms with E-state index in [1.54, 1.807) is 0 Å². The molecule has 0 saturated carbocycles. The third-order valence-corrected chi connectivity index (χ3v) is 17.7. The Balaban J connectivity index is 5.36. The maximum absolute atomic E-state index is 13.1. The first kappa shape index (κ1) is 92.2. The second kappa shape index (κ2) is 69.7. The SMILES string of the molecule is CC/C=C\C/C=C\C/C=C\CCCCCCCC(=O)OCC(COP(=O)(O)OCC(O)COP(=O)(O)OCC(COC(=O)CCCCCCC/C=C\C/C=C\CCCCC)OC(=O)CCCCCCC/C=C\CCCCCC)OC(=O)CCCCCCC/C=C\CCCCCC. The molecule has 0 amide bonds. The van der Waals surface area contributed by atoms with E-state index in [1.807, 2.05) is 0 Å². The van der Waals surface area contributed by atoms with Gasteiger partial charge in [-0.3, -0.25) is 37.3 Å². The lowest BCUT2D eigenvalue weighted by Gasteiger charge is -2.21. The first-order valence-electron chi connectivity index (χ1n) is 37.8. The molecule has 3 N–H and O–H groups in total. The Kier molecular flexibility index (Phi) is 67.0. The minimum atomic E-state index is -4.98. The van der Waals surface area contributed by atoms with Crippen LogP contribution in [-0.2, 0) is 65.4 Å². The van der Waals surface area contributed by atoms with E-state index >= 15 is 0 Å². The van der Waals surface area contributed by atoms with Gasteiger partial charge in [-0.15, -0.1) is 0 Å². The van der Waals surface area contributed by atoms with Gasteiger partial charge in [0, 0.05) is 25.7 Å². The fraction of sp³-hybridized carbons (Fsp3) is 0.766. The molecule has 5 atom stereocenters. The summed E-state index contributed by atoms with van der Waals surface area (Å²) in [6, 6.07) is 0. The van der Waals surface area contributed by atoms with Gasteiger partial charge in [0.05, 0.1) is 26.4 Å². The molecule has 0 radical (unpaired) electrons. The molecule has 0 spiro atoms. The van der Waals surface area contributed by atoms with Crippen molar-refractivity contribution in [2.45, 2.75) is 341 Å². The molecule has 0 aromatic carbocycles. The van der Waals surface area contributed by atoms with Crippen LogP contribution in [0.2, 0.25) is 0 Å². The molecule has 96 heavy (non-hydrogen) atoms. The summed E-state index contributed by atoms with van der Waals surface area (Å²) >= 11 is 0. The molecular formula is C77H136O17P2. The second-order valence-electron chi connectivity index (χ2n) is 25.2. The highest BCUT2D eigenvalue weighted by molar-refractivity contribution is 7.47. The molecule has 0 bridgehead atoms. The van der Waals surface area contributed by atoms with Crippen molar-refractivity contribution >= 4 is 39.5 Å². The topological polar surface area (TPSA) is 237 Å². The van der Waals surface area contributed by atoms with Gasteiger partial charge in [-0.1, -0.05) is 241 Å². The molecule has 0 aromatic heterocycles. The molecule has 0 aliphatic rings. The van der Waals surface area contributed by atoms with E-state index in [-0.39, 0.29) is 25.7 Å². The van der Waals surface area contributed by atoms with Crippen molar-refractivity contribution in [1.82, 2.24) is 0 Å². The molecule has 19 heteroatoms. The van der Waals surface area contributed by atoms with Crippen molar-refractivity contribution in [3.05, 3.63) is 85.1 Å². The Bertz CT molecular complexity index is 2160. The van der Waals surface area contributed by atoms with Crippen LogP contribution in [0.4, 0.5) is 0 Å². The maximum atomic E-state index is 13.1. The molecule has 0 aliphatic carbocycles. The molecule has 0 fully saturated rings. The van der Waals surface area contributed by atoms with Gasteiger partial charge in [-0.25, -0.2) is 9.13 Å². The zero-order chi connectivity index (χ0) is 70.4. The van der Waals surface area contributed by atoms with Crippen LogP contribution in [0.1, 0.15) is 323 Å². The summed E-state index contributed by atoms with van der Waals surface area (Å²) in [4.78, 5) is 72.8. The average Bonchev–Trinajstić information content (AvgIpc) is 1.14. The Hall–Kier alpha value is -3.76. The average molecular weight is 1400 g/mol. The first-order chi connectivity index (χ1) is 46.7. The fourth-order valence-electron chi connectivity index (χ4n) is 10.0. The van der Waals surface area contributed by atoms with Crippen molar-refractivity contribution in [2.75, 3.05) is 39.6 Å². The minimum absolute atomic E-state index is 0.0817. The number of carbonyl (C=O) groups is 4. The number of carbonyl (C=O) groups excluding carboxylic acids is 4. The fourth-order valence-corrected chi connectivity index (χ4v) is 11.6. The quantitative estimate of drug-likeness (QED) is 0.0169. The van der Waals surface area contributed by atoms with Crippen LogP contribution >= 0.6 is 15.6 Å². The van der Waals surface area contributed by atoms with Gasteiger partial charge >= 0.3 is 39.5 Å². The predicted molar refractivity (Wildman–Crippen MR) is 390 cm³/mol. The Morgan fingerprint density at radius 2 is 0.542 bits per heavy atom. The smallest absolute Gasteiger partial charge is 0.462 e. The van der Waals surface area contributed by atoms with E-state index < -0.39 is 97.5 Å². The van der Waals surface area contributed by atoms with Gasteiger partial charge < -0.3 is 33.8 Å². The van der Waals surface area contributed by atoms with Crippen LogP contribution in [-0.4, -0.2) is 96.7 Å². The standard InChI is InChI=1S/C77H136O17P2/c1-5-9-13-17-21-25-29-33-35-39-41-45-49-53-57-61-74(79)87-67-72(93-76(81)63-59-55-51-47-43-37-31-27-23-19-15-11-7-3)69-91-95(83,84)89-65-71(78)66-90-96(85,86)92-70-73(94-77(82)64-60-56-52-48-44-38-32-28-24-20-16-12-8-4)68-88-75(80)62-58-54-50-46-42-40-36-34-30-26-22-18-14-10-6-2/h9,13,21-22,25-28,31-36,71-73,78H,5-8,10-12,14-20,23-24,29-30,37-70H2,1-4H3,(H,83,84)(H,85,86)/b13-9-,25-21-,26-22-,31-27-,32-28-,35-33-,36-34-. The zero-order valence-corrected chi connectivity index (χ0v) is 62.3. The minimum Gasteiger partial charge on any atom is -0.462 e. The third kappa shape index (κ3) is 68.8. The Morgan fingerprint density at radius 1 is 0.302 bits per heavy atom. The number of hydrogen-bond acceptors (Lipinski definition) is 15. The van der Waals surface area contributed by atoms with Crippen LogP contribution in [0, 0.1) is 0 Å². The van der Waals surface area contributed by atoms with Crippen LogP contribution in [0.5, 0.6) is 0 Å². The molecule has 0 saturated heterocycles. The number of allylic oxidation sites excluding steroid dienone is 14. The molecule has 0 aromatic rings.